The number of carboxylic acid groups (broad SMARTS) is 1. The molecule has 2 aromatic heterocycles. The highest BCUT2D eigenvalue weighted by molar-refractivity contribution is 5.86. The first-order valence-corrected chi connectivity index (χ1v) is 29.8. The molecule has 4 heterocycles. The first kappa shape index (κ1) is 55.9. The molecule has 1 amide bonds. The molecule has 8 fully saturated rings. The van der Waals surface area contributed by atoms with Gasteiger partial charge >= 0.3 is 5.97 Å². The number of carboxylic acids is 1. The summed E-state index contributed by atoms with van der Waals surface area (Å²) in [6.45, 7) is 8.61. The van der Waals surface area contributed by atoms with E-state index in [1.807, 2.05) is 20.2 Å². The van der Waals surface area contributed by atoms with Crippen molar-refractivity contribution in [1.29, 1.82) is 0 Å². The summed E-state index contributed by atoms with van der Waals surface area (Å²) in [4.78, 5) is 45.5. The molecule has 2 bridgehead atoms. The van der Waals surface area contributed by atoms with Gasteiger partial charge in [0.05, 0.1) is 48.9 Å². The van der Waals surface area contributed by atoms with Crippen LogP contribution in [0.4, 0.5) is 0 Å². The Balaban J connectivity index is 1.10. The Labute approximate surface area is 463 Å². The van der Waals surface area contributed by atoms with E-state index in [2.05, 4.69) is 63.5 Å². The largest absolute Gasteiger partial charge is 0.481 e. The highest BCUT2D eigenvalue weighted by Crippen LogP contribution is 2.88. The van der Waals surface area contributed by atoms with E-state index in [-0.39, 0.29) is 36.9 Å². The van der Waals surface area contributed by atoms with Crippen molar-refractivity contribution in [3.8, 4) is 0 Å². The lowest BCUT2D eigenvalue weighted by Crippen LogP contribution is -2.80. The predicted octanol–water partition coefficient (Wildman–Crippen LogP) is 3.42. The molecule has 2 saturated heterocycles. The van der Waals surface area contributed by atoms with Crippen molar-refractivity contribution in [2.24, 2.45) is 90.5 Å². The van der Waals surface area contributed by atoms with Gasteiger partial charge in [-0.15, -0.1) is 0 Å². The maximum atomic E-state index is 15.5. The Morgan fingerprint density at radius 3 is 2.34 bits per heavy atom. The second kappa shape index (κ2) is 19.5. The minimum atomic E-state index is -1.67. The molecular weight excluding hydrogens is 1010 g/mol. The molecule has 0 radical (unpaired) electrons. The summed E-state index contributed by atoms with van der Waals surface area (Å²) < 4.78 is 12.9. The van der Waals surface area contributed by atoms with Gasteiger partial charge in [-0.2, -0.15) is 0 Å². The van der Waals surface area contributed by atoms with Gasteiger partial charge in [0.25, 0.3) is 0 Å². The number of imidazole rings is 2. The summed E-state index contributed by atoms with van der Waals surface area (Å²) in [5, 5.41) is 100. The number of carbonyl (C=O) groups is 2. The van der Waals surface area contributed by atoms with Crippen molar-refractivity contribution >= 4 is 11.9 Å². The number of rotatable bonds is 15. The van der Waals surface area contributed by atoms with Gasteiger partial charge in [-0.1, -0.05) is 63.8 Å². The van der Waals surface area contributed by atoms with Crippen molar-refractivity contribution in [3.05, 3.63) is 59.7 Å². The highest BCUT2D eigenvalue weighted by atomic mass is 16.7. The minimum absolute atomic E-state index is 0.0256. The monoisotopic (exact) mass is 1100 g/mol. The van der Waals surface area contributed by atoms with E-state index in [0.29, 0.717) is 83.6 Å². The number of hydrogen-bond donors (Lipinski definition) is 13. The van der Waals surface area contributed by atoms with E-state index < -0.39 is 135 Å². The molecule has 14 N–H and O–H groups in total. The Bertz CT molecular complexity index is 2680. The topological polar surface area (TPSA) is 322 Å². The number of aliphatic hydroxyl groups is 7. The van der Waals surface area contributed by atoms with Crippen molar-refractivity contribution in [3.63, 3.8) is 0 Å². The zero-order valence-electron chi connectivity index (χ0n) is 46.8. The summed E-state index contributed by atoms with van der Waals surface area (Å²) in [5.74, 6) is -3.95. The van der Waals surface area contributed by atoms with Crippen molar-refractivity contribution < 1.29 is 59.9 Å². The quantitative estimate of drug-likeness (QED) is 0.0691. The summed E-state index contributed by atoms with van der Waals surface area (Å²) in [6.07, 6.45) is 11.5. The molecule has 8 aliphatic carbocycles. The van der Waals surface area contributed by atoms with Crippen LogP contribution in [0.15, 0.2) is 48.3 Å². The van der Waals surface area contributed by atoms with Gasteiger partial charge < -0.3 is 76.7 Å². The number of aliphatic carboxylic acids is 1. The molecule has 6 saturated carbocycles. The number of nitrogens with one attached hydrogen (secondary N) is 4. The fourth-order valence-electron chi connectivity index (χ4n) is 21.9. The number of nitrogens with two attached hydrogens (primary N) is 1. The Hall–Kier alpha value is -3.60. The van der Waals surface area contributed by atoms with Crippen LogP contribution in [-0.2, 0) is 25.5 Å². The van der Waals surface area contributed by atoms with Crippen molar-refractivity contribution in [1.82, 2.24) is 30.6 Å². The first-order chi connectivity index (χ1) is 37.6. The molecule has 19 nitrogen and oxygen atoms in total. The molecule has 79 heavy (non-hydrogen) atoms. The molecule has 436 valence electrons. The fourth-order valence-corrected chi connectivity index (χ4v) is 21.9. The van der Waals surface area contributed by atoms with Crippen LogP contribution in [0.5, 0.6) is 0 Å². The number of amides is 1. The second-order valence-electron chi connectivity index (χ2n) is 28.1. The van der Waals surface area contributed by atoms with E-state index in [4.69, 9.17) is 15.2 Å². The van der Waals surface area contributed by atoms with Crippen LogP contribution >= 0.6 is 0 Å². The van der Waals surface area contributed by atoms with Crippen LogP contribution in [0.2, 0.25) is 0 Å². The summed E-state index contributed by atoms with van der Waals surface area (Å²) in [7, 11) is 1.82. The summed E-state index contributed by atoms with van der Waals surface area (Å²) in [5.41, 5.74) is 4.45. The predicted molar refractivity (Wildman–Crippen MR) is 288 cm³/mol. The number of ether oxygens (including phenoxy) is 2. The minimum Gasteiger partial charge on any atom is -0.481 e. The molecule has 19 heteroatoms. The number of carbonyl (C=O) groups excluding carboxylic acids is 1. The SMILES string of the molecule is CNCC(CC(c1cnc[nH]1)C1NC(=O)C2(CCCC2)C1C1C=C2CCC34C(=CCC25C2(C)C1C(O)C(OC1OCC(O)C(O)C1O)C(C)(CO)C2CCC35C)C1CC(C)(CO)CCC1(C(=O)O)CC4Cc1cnc[nH]1)C(N)O. The first-order valence-electron chi connectivity index (χ1n) is 29.8. The molecule has 23 atom stereocenters. The third-order valence-electron chi connectivity index (χ3n) is 25.3. The normalized spacial score (nSPS) is 47.7. The van der Waals surface area contributed by atoms with E-state index in [1.54, 1.807) is 18.9 Å². The van der Waals surface area contributed by atoms with E-state index in [0.717, 1.165) is 30.7 Å². The van der Waals surface area contributed by atoms with Crippen LogP contribution in [0.3, 0.4) is 0 Å². The van der Waals surface area contributed by atoms with Gasteiger partial charge in [-0.05, 0) is 130 Å². The number of aliphatic hydroxyl groups excluding tert-OH is 7. The third kappa shape index (κ3) is 7.41. The smallest absolute Gasteiger partial charge is 0.310 e. The van der Waals surface area contributed by atoms with Crippen molar-refractivity contribution in [2.75, 3.05) is 33.4 Å². The van der Waals surface area contributed by atoms with E-state index in [1.165, 1.54) is 11.1 Å². The molecule has 23 unspecified atom stereocenters. The zero-order valence-corrected chi connectivity index (χ0v) is 46.8. The van der Waals surface area contributed by atoms with Gasteiger partial charge in [-0.3, -0.25) is 9.59 Å². The molecule has 0 aromatic carbocycles. The molecule has 12 rings (SSSR count). The van der Waals surface area contributed by atoms with Crippen LogP contribution in [0, 0.1) is 84.7 Å². The number of hydrogen-bond acceptors (Lipinski definition) is 15. The number of fused-ring (bicyclic) bond motifs is 2. The van der Waals surface area contributed by atoms with E-state index >= 15 is 4.79 Å². The number of H-pyrrole nitrogens is 2. The van der Waals surface area contributed by atoms with E-state index in [9.17, 15) is 45.6 Å². The average molecular weight is 1100 g/mol. The van der Waals surface area contributed by atoms with Crippen LogP contribution in [-0.4, -0.2) is 155 Å². The molecule has 2 aromatic rings. The number of allylic oxidation sites excluding steroid dienone is 4. The third-order valence-corrected chi connectivity index (χ3v) is 25.3. The number of aromatic amines is 2. The van der Waals surface area contributed by atoms with Crippen molar-refractivity contribution in [2.45, 2.75) is 179 Å². The maximum Gasteiger partial charge on any atom is 0.310 e. The van der Waals surface area contributed by atoms with Gasteiger partial charge in [0.1, 0.15) is 24.5 Å². The Morgan fingerprint density at radius 1 is 0.937 bits per heavy atom. The van der Waals surface area contributed by atoms with Crippen LogP contribution in [0.1, 0.15) is 135 Å². The lowest BCUT2D eigenvalue weighted by Gasteiger charge is -2.83. The lowest BCUT2D eigenvalue weighted by molar-refractivity contribution is -0.360. The zero-order chi connectivity index (χ0) is 56.0. The standard InChI is InChI=1S/C60H89N7O12/c1-53(27-68)16-17-58(52(76)77)21-33(19-34-24-63-29-65-34)59-14-8-32-20-36(42-44(67-51(75)57(42)11-6-7-12-57)35(39-25-64-30-66-39)18-31(23-62-5)49(61)74)43-46(72)48(79-50-47(73)45(71)40(70)26-78-50)54(2,28-69)41-10-13-55(59,3)60(32,56(41,43)4)15-9-37(59)38(58)22-53/h9,20,24-25,29-31,33,35-36,38,40-50,62,68-74H,6-8,10-19,21-23,26-28,61H2,1-5H3,(H,63,65)(H,64,66)(H,67,75)(H,76,77). The summed E-state index contributed by atoms with van der Waals surface area (Å²) in [6, 6.07) is -0.517. The second-order valence-corrected chi connectivity index (χ2v) is 28.1. The lowest BCUT2D eigenvalue weighted by atomic mass is 9.20. The Morgan fingerprint density at radius 2 is 1.68 bits per heavy atom. The maximum absolute atomic E-state index is 15.5. The fraction of sp³-hybridized carbons (Fsp3) is 0.800. The van der Waals surface area contributed by atoms with Crippen LogP contribution in [0.25, 0.3) is 0 Å². The van der Waals surface area contributed by atoms with Gasteiger partial charge in [-0.25, -0.2) is 9.97 Å². The average Bonchev–Trinajstić information content (AvgIpc) is 1.46. The highest BCUT2D eigenvalue weighted by Gasteiger charge is 2.84. The van der Waals surface area contributed by atoms with Gasteiger partial charge in [0, 0.05) is 82.9 Å². The molecule has 10 aliphatic rings. The Kier molecular flexibility index (Phi) is 13.8. The molecule has 3 spiro atoms. The van der Waals surface area contributed by atoms with Gasteiger partial charge in [0.2, 0.25) is 5.91 Å². The van der Waals surface area contributed by atoms with Crippen LogP contribution < -0.4 is 16.4 Å². The number of aromatic nitrogens is 4. The number of nitrogens with zero attached hydrogens (tertiary/aromatic N) is 2. The summed E-state index contributed by atoms with van der Waals surface area (Å²) >= 11 is 0. The molecule has 2 aliphatic heterocycles. The van der Waals surface area contributed by atoms with Gasteiger partial charge in [0.15, 0.2) is 6.29 Å². The molecular formula is C60H89N7O12.